The number of hydrogen-bond donors (Lipinski definition) is 1. The summed E-state index contributed by atoms with van der Waals surface area (Å²) in [5.41, 5.74) is 0.507. The predicted molar refractivity (Wildman–Crippen MR) is 117 cm³/mol. The zero-order valence-electron chi connectivity index (χ0n) is 18.1. The maximum absolute atomic E-state index is 13.0. The quantitative estimate of drug-likeness (QED) is 0.356. The number of rotatable bonds is 10. The fourth-order valence-electron chi connectivity index (χ4n) is 3.27. The van der Waals surface area contributed by atoms with Crippen molar-refractivity contribution in [3.05, 3.63) is 66.2 Å². The van der Waals surface area contributed by atoms with E-state index in [2.05, 4.69) is 11.9 Å². The van der Waals surface area contributed by atoms with Crippen molar-refractivity contribution < 1.29 is 23.8 Å². The lowest BCUT2D eigenvalue weighted by Gasteiger charge is -2.22. The van der Waals surface area contributed by atoms with Crippen molar-refractivity contribution in [3.8, 4) is 17.2 Å². The molecule has 1 saturated heterocycles. The highest BCUT2D eigenvalue weighted by Crippen LogP contribution is 2.30. The molecule has 1 fully saturated rings. The summed E-state index contributed by atoms with van der Waals surface area (Å²) in [6.45, 7) is 8.49. The summed E-state index contributed by atoms with van der Waals surface area (Å²) >= 11 is 0. The zero-order chi connectivity index (χ0) is 22.4. The number of methoxy groups -OCH3 is 1. The number of carbonyl (C=O) groups excluding carboxylic acids is 2. The van der Waals surface area contributed by atoms with E-state index >= 15 is 0 Å². The summed E-state index contributed by atoms with van der Waals surface area (Å²) < 4.78 is 16.4. The van der Waals surface area contributed by atoms with Gasteiger partial charge in [0.25, 0.3) is 5.91 Å². The Morgan fingerprint density at radius 1 is 1.00 bits per heavy atom. The van der Waals surface area contributed by atoms with Crippen molar-refractivity contribution in [3.63, 3.8) is 0 Å². The maximum Gasteiger partial charge on any atom is 0.325 e. The van der Waals surface area contributed by atoms with Gasteiger partial charge in [0.2, 0.25) is 0 Å². The second-order valence-corrected chi connectivity index (χ2v) is 7.66. The van der Waals surface area contributed by atoms with Crippen LogP contribution >= 0.6 is 0 Å². The number of benzene rings is 2. The molecule has 2 aromatic rings. The van der Waals surface area contributed by atoms with Crippen molar-refractivity contribution in [2.24, 2.45) is 0 Å². The molecule has 7 nitrogen and oxygen atoms in total. The third-order valence-electron chi connectivity index (χ3n) is 5.05. The van der Waals surface area contributed by atoms with Crippen LogP contribution in [0.15, 0.2) is 60.7 Å². The Bertz CT molecular complexity index is 939. The van der Waals surface area contributed by atoms with Crippen molar-refractivity contribution in [2.45, 2.75) is 25.8 Å². The van der Waals surface area contributed by atoms with E-state index in [4.69, 9.17) is 14.2 Å². The minimum Gasteiger partial charge on any atom is -0.497 e. The molecule has 1 aliphatic rings. The van der Waals surface area contributed by atoms with Gasteiger partial charge in [0.1, 0.15) is 29.4 Å². The van der Waals surface area contributed by atoms with Crippen LogP contribution in [0, 0.1) is 0 Å². The molecule has 1 N–H and O–H groups in total. The Kier molecular flexibility index (Phi) is 6.84. The van der Waals surface area contributed by atoms with Crippen molar-refractivity contribution >= 4 is 11.9 Å². The van der Waals surface area contributed by atoms with Gasteiger partial charge in [-0.15, -0.1) is 0 Å². The minimum atomic E-state index is -1.11. The van der Waals surface area contributed by atoms with E-state index < -0.39 is 11.6 Å². The molecule has 0 saturated carbocycles. The summed E-state index contributed by atoms with van der Waals surface area (Å²) in [5.74, 6) is 1.86. The van der Waals surface area contributed by atoms with E-state index in [9.17, 15) is 9.59 Å². The van der Waals surface area contributed by atoms with Gasteiger partial charge < -0.3 is 19.5 Å². The molecule has 164 valence electrons. The lowest BCUT2D eigenvalue weighted by atomic mass is 9.92. The van der Waals surface area contributed by atoms with E-state index in [-0.39, 0.29) is 12.5 Å². The summed E-state index contributed by atoms with van der Waals surface area (Å²) in [6, 6.07) is 14.0. The van der Waals surface area contributed by atoms with Gasteiger partial charge in [0.05, 0.1) is 13.7 Å². The van der Waals surface area contributed by atoms with Crippen molar-refractivity contribution in [1.82, 2.24) is 10.2 Å². The van der Waals surface area contributed by atoms with Crippen LogP contribution in [-0.4, -0.2) is 43.7 Å². The van der Waals surface area contributed by atoms with Crippen molar-refractivity contribution in [2.75, 3.05) is 26.9 Å². The monoisotopic (exact) mass is 424 g/mol. The first kappa shape index (κ1) is 22.2. The normalized spacial score (nSPS) is 18.0. The predicted octanol–water partition coefficient (Wildman–Crippen LogP) is 3.89. The Morgan fingerprint density at radius 3 is 2.19 bits per heavy atom. The number of amides is 3. The molecule has 0 aromatic heterocycles. The molecular formula is C24H28N2O5. The average molecular weight is 424 g/mol. The third kappa shape index (κ3) is 5.17. The summed E-state index contributed by atoms with van der Waals surface area (Å²) in [4.78, 5) is 26.7. The lowest BCUT2D eigenvalue weighted by Crippen LogP contribution is -2.41. The van der Waals surface area contributed by atoms with Gasteiger partial charge >= 0.3 is 6.03 Å². The molecule has 1 aliphatic heterocycles. The molecule has 7 heteroatoms. The average Bonchev–Trinajstić information content (AvgIpc) is 2.99. The number of hydrogen-bond acceptors (Lipinski definition) is 5. The van der Waals surface area contributed by atoms with Crippen LogP contribution in [-0.2, 0) is 10.3 Å². The molecule has 3 rings (SSSR count). The third-order valence-corrected chi connectivity index (χ3v) is 5.05. The molecule has 0 bridgehead atoms. The second-order valence-electron chi connectivity index (χ2n) is 7.66. The fraction of sp³-hybridized carbons (Fsp3) is 0.333. The maximum atomic E-state index is 13.0. The first-order valence-electron chi connectivity index (χ1n) is 10.1. The van der Waals surface area contributed by atoms with E-state index in [1.807, 2.05) is 31.2 Å². The highest BCUT2D eigenvalue weighted by Gasteiger charge is 2.48. The van der Waals surface area contributed by atoms with Crippen LogP contribution < -0.4 is 19.5 Å². The van der Waals surface area contributed by atoms with Gasteiger partial charge in [0.15, 0.2) is 0 Å². The molecule has 1 heterocycles. The smallest absolute Gasteiger partial charge is 0.325 e. The van der Waals surface area contributed by atoms with Gasteiger partial charge in [-0.3, -0.25) is 9.69 Å². The Hall–Kier alpha value is -3.48. The number of nitrogens with one attached hydrogen (secondary N) is 1. The highest BCUT2D eigenvalue weighted by molar-refractivity contribution is 6.07. The van der Waals surface area contributed by atoms with Crippen molar-refractivity contribution in [1.29, 1.82) is 0 Å². The zero-order valence-corrected chi connectivity index (χ0v) is 18.1. The van der Waals surface area contributed by atoms with E-state index in [0.29, 0.717) is 36.7 Å². The molecule has 31 heavy (non-hydrogen) atoms. The molecule has 1 unspecified atom stereocenters. The van der Waals surface area contributed by atoms with E-state index in [1.54, 1.807) is 38.3 Å². The van der Waals surface area contributed by atoms with Crippen LogP contribution in [0.4, 0.5) is 4.79 Å². The molecule has 3 amide bonds. The molecule has 2 aromatic carbocycles. The van der Waals surface area contributed by atoms with Crippen LogP contribution in [0.2, 0.25) is 0 Å². The molecular weight excluding hydrogens is 396 g/mol. The number of nitrogens with zero attached hydrogens (tertiary/aromatic N) is 1. The first-order valence-corrected chi connectivity index (χ1v) is 10.1. The number of imide groups is 1. The van der Waals surface area contributed by atoms with Crippen LogP contribution in [0.3, 0.4) is 0 Å². The van der Waals surface area contributed by atoms with Crippen LogP contribution in [0.5, 0.6) is 17.2 Å². The van der Waals surface area contributed by atoms with E-state index in [0.717, 1.165) is 11.3 Å². The Morgan fingerprint density at radius 2 is 1.58 bits per heavy atom. The lowest BCUT2D eigenvalue weighted by molar-refractivity contribution is -0.131. The number of urea groups is 1. The van der Waals surface area contributed by atoms with Gasteiger partial charge in [-0.2, -0.15) is 0 Å². The number of carbonyl (C=O) groups is 2. The van der Waals surface area contributed by atoms with Gasteiger partial charge in [-0.05, 0) is 67.8 Å². The Labute approximate surface area is 182 Å². The molecule has 1 atom stereocenters. The van der Waals surface area contributed by atoms with Gasteiger partial charge in [-0.25, -0.2) is 4.79 Å². The SMILES string of the molecule is C=C(C)COc1ccc(C2(C)NC(=O)N(CCCOc3ccc(OC)cc3)C2=O)cc1. The van der Waals surface area contributed by atoms with Crippen LogP contribution in [0.25, 0.3) is 0 Å². The Balaban J connectivity index is 1.55. The molecule has 0 radical (unpaired) electrons. The second kappa shape index (κ2) is 9.55. The molecule has 0 spiro atoms. The first-order chi connectivity index (χ1) is 14.8. The largest absolute Gasteiger partial charge is 0.497 e. The summed E-state index contributed by atoms with van der Waals surface area (Å²) in [7, 11) is 1.60. The van der Waals surface area contributed by atoms with Gasteiger partial charge in [0, 0.05) is 6.54 Å². The fourth-order valence-corrected chi connectivity index (χ4v) is 3.27. The van der Waals surface area contributed by atoms with Gasteiger partial charge in [-0.1, -0.05) is 18.7 Å². The van der Waals surface area contributed by atoms with Crippen LogP contribution in [0.1, 0.15) is 25.8 Å². The summed E-state index contributed by atoms with van der Waals surface area (Å²) in [6.07, 6.45) is 0.523. The standard InChI is InChI=1S/C24H28N2O5/c1-17(2)16-31-21-8-6-18(7-9-21)24(3)22(27)26(23(28)25-24)14-5-15-30-20-12-10-19(29-4)11-13-20/h6-13H,1,5,14-16H2,2-4H3,(H,25,28). The molecule has 0 aliphatic carbocycles. The topological polar surface area (TPSA) is 77.1 Å². The summed E-state index contributed by atoms with van der Waals surface area (Å²) in [5, 5.41) is 2.82. The minimum absolute atomic E-state index is 0.274. The van der Waals surface area contributed by atoms with E-state index in [1.165, 1.54) is 4.90 Å². The highest BCUT2D eigenvalue weighted by atomic mass is 16.5. The number of ether oxygens (including phenoxy) is 3.